The number of anilines is 1. The van der Waals surface area contributed by atoms with Crippen molar-refractivity contribution >= 4 is 5.69 Å². The second kappa shape index (κ2) is 5.97. The van der Waals surface area contributed by atoms with Gasteiger partial charge in [-0.3, -0.25) is 4.79 Å². The first-order valence-corrected chi connectivity index (χ1v) is 5.90. The summed E-state index contributed by atoms with van der Waals surface area (Å²) < 4.78 is 28.6. The van der Waals surface area contributed by atoms with Gasteiger partial charge in [0.05, 0.1) is 11.6 Å². The lowest BCUT2D eigenvalue weighted by Crippen LogP contribution is -2.22. The minimum Gasteiger partial charge on any atom is -0.378 e. The Morgan fingerprint density at radius 3 is 2.55 bits per heavy atom. The van der Waals surface area contributed by atoms with Gasteiger partial charge >= 0.3 is 0 Å². The van der Waals surface area contributed by atoms with Crippen molar-refractivity contribution in [3.8, 4) is 6.07 Å². The molecule has 2 rings (SSSR count). The van der Waals surface area contributed by atoms with Crippen molar-refractivity contribution in [1.82, 2.24) is 4.57 Å². The Morgan fingerprint density at radius 1 is 1.25 bits per heavy atom. The summed E-state index contributed by atoms with van der Waals surface area (Å²) in [5.74, 6) is -1.66. The lowest BCUT2D eigenvalue weighted by Gasteiger charge is -2.10. The van der Waals surface area contributed by atoms with E-state index >= 15 is 0 Å². The molecule has 0 fully saturated rings. The van der Waals surface area contributed by atoms with Crippen LogP contribution in [0.5, 0.6) is 0 Å². The van der Waals surface area contributed by atoms with Gasteiger partial charge in [0.1, 0.15) is 5.69 Å². The summed E-state index contributed by atoms with van der Waals surface area (Å²) in [6.07, 6.45) is 1.59. The summed E-state index contributed by atoms with van der Waals surface area (Å²) in [6, 6.07) is 8.31. The third-order valence-electron chi connectivity index (χ3n) is 2.72. The van der Waals surface area contributed by atoms with E-state index in [4.69, 9.17) is 5.26 Å². The molecule has 0 aliphatic carbocycles. The molecule has 1 N–H and O–H groups in total. The molecule has 0 aliphatic rings. The number of rotatable bonds is 4. The molecular formula is C14H11F2N3O. The molecule has 2 aromatic rings. The summed E-state index contributed by atoms with van der Waals surface area (Å²) in [4.78, 5) is 11.4. The van der Waals surface area contributed by atoms with E-state index in [1.165, 1.54) is 10.6 Å². The Labute approximate surface area is 113 Å². The van der Waals surface area contributed by atoms with Gasteiger partial charge in [-0.15, -0.1) is 0 Å². The van der Waals surface area contributed by atoms with Crippen LogP contribution in [0.15, 0.2) is 41.3 Å². The Balaban J connectivity index is 2.07. The molecular weight excluding hydrogens is 264 g/mol. The van der Waals surface area contributed by atoms with Gasteiger partial charge in [-0.1, -0.05) is 6.07 Å². The quantitative estimate of drug-likeness (QED) is 0.929. The molecule has 0 atom stereocenters. The number of hydrogen-bond donors (Lipinski definition) is 1. The van der Waals surface area contributed by atoms with Crippen LogP contribution in [-0.2, 0) is 6.54 Å². The number of nitrogens with zero attached hydrogens (tertiary/aromatic N) is 2. The second-order valence-electron chi connectivity index (χ2n) is 4.09. The van der Waals surface area contributed by atoms with Crippen molar-refractivity contribution in [1.29, 1.82) is 5.26 Å². The molecule has 6 heteroatoms. The molecule has 102 valence electrons. The zero-order chi connectivity index (χ0) is 14.5. The van der Waals surface area contributed by atoms with E-state index in [0.717, 1.165) is 12.1 Å². The van der Waals surface area contributed by atoms with Gasteiger partial charge in [-0.05, 0) is 18.2 Å². The van der Waals surface area contributed by atoms with E-state index in [-0.39, 0.29) is 29.9 Å². The summed E-state index contributed by atoms with van der Waals surface area (Å²) in [6.45, 7) is 0.461. The SMILES string of the molecule is N#Cc1cc(F)c(NCCn2ccccc2=O)c(F)c1. The van der Waals surface area contributed by atoms with Crippen molar-refractivity contribution in [3.63, 3.8) is 0 Å². The summed E-state index contributed by atoms with van der Waals surface area (Å²) >= 11 is 0. The van der Waals surface area contributed by atoms with Gasteiger partial charge in [-0.2, -0.15) is 5.26 Å². The van der Waals surface area contributed by atoms with E-state index in [9.17, 15) is 13.6 Å². The lowest BCUT2D eigenvalue weighted by molar-refractivity contribution is 0.584. The zero-order valence-corrected chi connectivity index (χ0v) is 10.4. The molecule has 0 bridgehead atoms. The molecule has 1 heterocycles. The van der Waals surface area contributed by atoms with E-state index in [1.54, 1.807) is 24.4 Å². The fourth-order valence-electron chi connectivity index (χ4n) is 1.75. The van der Waals surface area contributed by atoms with Gasteiger partial charge in [0, 0.05) is 25.4 Å². The summed E-state index contributed by atoms with van der Waals surface area (Å²) in [7, 11) is 0. The smallest absolute Gasteiger partial charge is 0.250 e. The molecule has 0 amide bonds. The Hall–Kier alpha value is -2.68. The van der Waals surface area contributed by atoms with Crippen LogP contribution in [-0.4, -0.2) is 11.1 Å². The fraction of sp³-hybridized carbons (Fsp3) is 0.143. The van der Waals surface area contributed by atoms with Crippen LogP contribution in [0, 0.1) is 23.0 Å². The van der Waals surface area contributed by atoms with E-state index < -0.39 is 11.6 Å². The van der Waals surface area contributed by atoms with Crippen LogP contribution in [0.2, 0.25) is 0 Å². The topological polar surface area (TPSA) is 57.8 Å². The van der Waals surface area contributed by atoms with Gasteiger partial charge in [0.2, 0.25) is 0 Å². The third-order valence-corrected chi connectivity index (χ3v) is 2.72. The van der Waals surface area contributed by atoms with Crippen LogP contribution in [0.4, 0.5) is 14.5 Å². The largest absolute Gasteiger partial charge is 0.378 e. The van der Waals surface area contributed by atoms with Crippen LogP contribution in [0.25, 0.3) is 0 Å². The number of pyridine rings is 1. The molecule has 1 aromatic carbocycles. The average Bonchev–Trinajstić information content (AvgIpc) is 2.43. The monoisotopic (exact) mass is 275 g/mol. The molecule has 0 aliphatic heterocycles. The van der Waals surface area contributed by atoms with E-state index in [1.807, 2.05) is 0 Å². The van der Waals surface area contributed by atoms with Gasteiger partial charge in [0.15, 0.2) is 11.6 Å². The lowest BCUT2D eigenvalue weighted by atomic mass is 10.2. The van der Waals surface area contributed by atoms with Gasteiger partial charge in [-0.25, -0.2) is 8.78 Å². The normalized spacial score (nSPS) is 10.1. The van der Waals surface area contributed by atoms with Crippen LogP contribution < -0.4 is 10.9 Å². The molecule has 1 aromatic heterocycles. The van der Waals surface area contributed by atoms with E-state index in [0.29, 0.717) is 0 Å². The number of benzene rings is 1. The maximum absolute atomic E-state index is 13.6. The van der Waals surface area contributed by atoms with Crippen molar-refractivity contribution in [3.05, 3.63) is 64.1 Å². The molecule has 0 spiro atoms. The maximum Gasteiger partial charge on any atom is 0.250 e. The molecule has 0 unspecified atom stereocenters. The van der Waals surface area contributed by atoms with Crippen LogP contribution >= 0.6 is 0 Å². The van der Waals surface area contributed by atoms with Gasteiger partial charge < -0.3 is 9.88 Å². The highest BCUT2D eigenvalue weighted by Gasteiger charge is 2.10. The Morgan fingerprint density at radius 2 is 1.95 bits per heavy atom. The highest BCUT2D eigenvalue weighted by molar-refractivity contribution is 5.50. The first-order valence-electron chi connectivity index (χ1n) is 5.90. The predicted molar refractivity (Wildman–Crippen MR) is 70.3 cm³/mol. The zero-order valence-electron chi connectivity index (χ0n) is 10.4. The van der Waals surface area contributed by atoms with Crippen molar-refractivity contribution < 1.29 is 8.78 Å². The minimum absolute atomic E-state index is 0.0789. The van der Waals surface area contributed by atoms with Crippen molar-refractivity contribution in [2.24, 2.45) is 0 Å². The molecule has 20 heavy (non-hydrogen) atoms. The first-order chi connectivity index (χ1) is 9.61. The number of nitriles is 1. The standard InChI is InChI=1S/C14H11F2N3O/c15-11-7-10(9-17)8-12(16)14(11)18-4-6-19-5-2-1-3-13(19)20/h1-3,5,7-8,18H,4,6H2. The number of hydrogen-bond acceptors (Lipinski definition) is 3. The summed E-state index contributed by atoms with van der Waals surface area (Å²) in [5.41, 5.74) is -0.562. The molecule has 4 nitrogen and oxygen atoms in total. The fourth-order valence-corrected chi connectivity index (χ4v) is 1.75. The highest BCUT2D eigenvalue weighted by atomic mass is 19.1. The summed E-state index contributed by atoms with van der Waals surface area (Å²) in [5, 5.41) is 11.2. The van der Waals surface area contributed by atoms with Crippen molar-refractivity contribution in [2.45, 2.75) is 6.54 Å². The molecule has 0 radical (unpaired) electrons. The van der Waals surface area contributed by atoms with Crippen LogP contribution in [0.3, 0.4) is 0 Å². The Bertz CT molecular complexity index is 696. The number of nitrogens with one attached hydrogen (secondary N) is 1. The maximum atomic E-state index is 13.6. The first kappa shape index (κ1) is 13.7. The highest BCUT2D eigenvalue weighted by Crippen LogP contribution is 2.20. The average molecular weight is 275 g/mol. The van der Waals surface area contributed by atoms with E-state index in [2.05, 4.69) is 5.32 Å². The molecule has 0 saturated carbocycles. The number of halogens is 2. The molecule has 0 saturated heterocycles. The predicted octanol–water partition coefficient (Wildman–Crippen LogP) is 2.11. The number of aromatic nitrogens is 1. The minimum atomic E-state index is -0.832. The Kier molecular flexibility index (Phi) is 4.11. The third kappa shape index (κ3) is 3.01. The van der Waals surface area contributed by atoms with Crippen molar-refractivity contribution in [2.75, 3.05) is 11.9 Å². The second-order valence-corrected chi connectivity index (χ2v) is 4.09. The van der Waals surface area contributed by atoms with Crippen LogP contribution in [0.1, 0.15) is 5.56 Å². The van der Waals surface area contributed by atoms with Gasteiger partial charge in [0.25, 0.3) is 5.56 Å².